The zero-order valence-corrected chi connectivity index (χ0v) is 16.6. The maximum Gasteiger partial charge on any atom is 0.238 e. The molecule has 0 spiro atoms. The monoisotopic (exact) mass is 425 g/mol. The lowest BCUT2D eigenvalue weighted by Crippen LogP contribution is -2.30. The summed E-state index contributed by atoms with van der Waals surface area (Å²) in [4.78, 5) is 24.2. The number of nitrogens with one attached hydrogen (secondary N) is 2. The van der Waals surface area contributed by atoms with Gasteiger partial charge in [-0.2, -0.15) is 0 Å². The Hall–Kier alpha value is -1.80. The number of aryl methyl sites for hydroxylation is 1. The molecule has 0 radical (unpaired) electrons. The number of nitrogens with zero attached hydrogens (tertiary/aromatic N) is 1. The standard InChI is InChI=1S/C17H20BrN3O3S/c1-10-8-15(21-24-10)20-17(23)12(3)25-9-16(22)19-11(2)13-6-4-5-7-14(13)18/h4-8,11-12H,9H2,1-3H3,(H,19,22)(H,20,21,23). The molecule has 0 aliphatic carbocycles. The van der Waals surface area contributed by atoms with Gasteiger partial charge < -0.3 is 15.2 Å². The number of amides is 2. The highest BCUT2D eigenvalue weighted by Crippen LogP contribution is 2.23. The molecule has 0 aliphatic rings. The third kappa shape index (κ3) is 5.89. The van der Waals surface area contributed by atoms with Crippen molar-refractivity contribution in [1.82, 2.24) is 10.5 Å². The zero-order chi connectivity index (χ0) is 18.4. The van der Waals surface area contributed by atoms with E-state index < -0.39 is 0 Å². The van der Waals surface area contributed by atoms with Crippen LogP contribution in [0.2, 0.25) is 0 Å². The first kappa shape index (κ1) is 19.5. The summed E-state index contributed by atoms with van der Waals surface area (Å²) in [6.07, 6.45) is 0. The average Bonchev–Trinajstić information content (AvgIpc) is 2.97. The van der Waals surface area contributed by atoms with E-state index in [0.29, 0.717) is 11.6 Å². The van der Waals surface area contributed by atoms with Crippen LogP contribution in [-0.2, 0) is 9.59 Å². The van der Waals surface area contributed by atoms with E-state index in [4.69, 9.17) is 4.52 Å². The molecular formula is C17H20BrN3O3S. The first-order chi connectivity index (χ1) is 11.9. The number of halogens is 1. The van der Waals surface area contributed by atoms with Crippen LogP contribution in [0.4, 0.5) is 5.82 Å². The number of carbonyl (C=O) groups excluding carboxylic acids is 2. The molecule has 0 saturated heterocycles. The topological polar surface area (TPSA) is 84.2 Å². The predicted octanol–water partition coefficient (Wildman–Crippen LogP) is 3.68. The van der Waals surface area contributed by atoms with Gasteiger partial charge in [-0.15, -0.1) is 11.8 Å². The molecule has 2 N–H and O–H groups in total. The van der Waals surface area contributed by atoms with Gasteiger partial charge >= 0.3 is 0 Å². The summed E-state index contributed by atoms with van der Waals surface area (Å²) >= 11 is 4.74. The third-order valence-electron chi connectivity index (χ3n) is 3.46. The van der Waals surface area contributed by atoms with Crippen LogP contribution in [-0.4, -0.2) is 28.0 Å². The molecule has 0 bridgehead atoms. The van der Waals surface area contributed by atoms with E-state index in [2.05, 4.69) is 31.7 Å². The molecule has 8 heteroatoms. The number of rotatable bonds is 7. The lowest BCUT2D eigenvalue weighted by molar-refractivity contribution is -0.119. The average molecular weight is 426 g/mol. The van der Waals surface area contributed by atoms with E-state index in [1.165, 1.54) is 11.8 Å². The largest absolute Gasteiger partial charge is 0.360 e. The second-order valence-corrected chi connectivity index (χ2v) is 7.76. The number of thioether (sulfide) groups is 1. The van der Waals surface area contributed by atoms with E-state index in [1.807, 2.05) is 31.2 Å². The van der Waals surface area contributed by atoms with Gasteiger partial charge in [-0.05, 0) is 32.4 Å². The zero-order valence-electron chi connectivity index (χ0n) is 14.2. The number of hydrogen-bond donors (Lipinski definition) is 2. The Morgan fingerprint density at radius 1 is 1.32 bits per heavy atom. The quantitative estimate of drug-likeness (QED) is 0.706. The molecule has 0 aliphatic heterocycles. The second kappa shape index (κ2) is 9.05. The van der Waals surface area contributed by atoms with Crippen molar-refractivity contribution in [1.29, 1.82) is 0 Å². The summed E-state index contributed by atoms with van der Waals surface area (Å²) in [5.74, 6) is 0.856. The molecule has 0 saturated carbocycles. The molecule has 2 unspecified atom stereocenters. The van der Waals surface area contributed by atoms with Crippen molar-refractivity contribution in [3.05, 3.63) is 46.1 Å². The van der Waals surface area contributed by atoms with E-state index in [0.717, 1.165) is 10.0 Å². The lowest BCUT2D eigenvalue weighted by Gasteiger charge is -2.16. The van der Waals surface area contributed by atoms with Crippen molar-refractivity contribution in [2.75, 3.05) is 11.1 Å². The minimum absolute atomic E-state index is 0.120. The van der Waals surface area contributed by atoms with Crippen molar-refractivity contribution in [2.24, 2.45) is 0 Å². The van der Waals surface area contributed by atoms with Gasteiger partial charge in [0.15, 0.2) is 5.82 Å². The van der Waals surface area contributed by atoms with E-state index in [9.17, 15) is 9.59 Å². The van der Waals surface area contributed by atoms with Gasteiger partial charge in [0.2, 0.25) is 11.8 Å². The van der Waals surface area contributed by atoms with E-state index >= 15 is 0 Å². The Balaban J connectivity index is 1.78. The third-order valence-corrected chi connectivity index (χ3v) is 5.33. The summed E-state index contributed by atoms with van der Waals surface area (Å²) in [6, 6.07) is 9.26. The number of aromatic nitrogens is 1. The van der Waals surface area contributed by atoms with Crippen LogP contribution < -0.4 is 10.6 Å². The van der Waals surface area contributed by atoms with Crippen LogP contribution in [0.15, 0.2) is 39.3 Å². The van der Waals surface area contributed by atoms with Gasteiger partial charge in [0.05, 0.1) is 17.0 Å². The van der Waals surface area contributed by atoms with Crippen LogP contribution in [0.3, 0.4) is 0 Å². The van der Waals surface area contributed by atoms with Gasteiger partial charge in [0, 0.05) is 10.5 Å². The Kier molecular flexibility index (Phi) is 7.07. The number of benzene rings is 1. The Bertz CT molecular complexity index is 750. The van der Waals surface area contributed by atoms with Crippen molar-refractivity contribution in [2.45, 2.75) is 32.1 Å². The van der Waals surface area contributed by atoms with Gasteiger partial charge in [-0.25, -0.2) is 0 Å². The van der Waals surface area contributed by atoms with Gasteiger partial charge in [-0.1, -0.05) is 39.3 Å². The van der Waals surface area contributed by atoms with Crippen molar-refractivity contribution in [3.63, 3.8) is 0 Å². The molecule has 1 aromatic heterocycles. The number of carbonyl (C=O) groups is 2. The fraction of sp³-hybridized carbons (Fsp3) is 0.353. The summed E-state index contributed by atoms with van der Waals surface area (Å²) in [5.41, 5.74) is 1.01. The molecule has 2 atom stereocenters. The van der Waals surface area contributed by atoms with Crippen LogP contribution >= 0.6 is 27.7 Å². The predicted molar refractivity (Wildman–Crippen MR) is 102 cm³/mol. The highest BCUT2D eigenvalue weighted by Gasteiger charge is 2.18. The maximum absolute atomic E-state index is 12.1. The van der Waals surface area contributed by atoms with Crippen molar-refractivity contribution < 1.29 is 14.1 Å². The number of hydrogen-bond acceptors (Lipinski definition) is 5. The van der Waals surface area contributed by atoms with Crippen LogP contribution in [0, 0.1) is 6.92 Å². The molecule has 2 amide bonds. The van der Waals surface area contributed by atoms with Gasteiger partial charge in [0.1, 0.15) is 5.76 Å². The summed E-state index contributed by atoms with van der Waals surface area (Å²) < 4.78 is 5.85. The van der Waals surface area contributed by atoms with Crippen LogP contribution in [0.5, 0.6) is 0 Å². The van der Waals surface area contributed by atoms with Gasteiger partial charge in [0.25, 0.3) is 0 Å². The lowest BCUT2D eigenvalue weighted by atomic mass is 10.1. The summed E-state index contributed by atoms with van der Waals surface area (Å²) in [7, 11) is 0. The first-order valence-corrected chi connectivity index (χ1v) is 9.60. The summed E-state index contributed by atoms with van der Waals surface area (Å²) in [6.45, 7) is 5.42. The molecule has 6 nitrogen and oxygen atoms in total. The molecule has 0 fully saturated rings. The van der Waals surface area contributed by atoms with Crippen molar-refractivity contribution >= 4 is 45.3 Å². The minimum atomic E-state index is -0.387. The normalized spacial score (nSPS) is 13.1. The highest BCUT2D eigenvalue weighted by molar-refractivity contribution is 9.10. The van der Waals surface area contributed by atoms with Crippen LogP contribution in [0.1, 0.15) is 31.2 Å². The molecule has 1 aromatic carbocycles. The van der Waals surface area contributed by atoms with Crippen molar-refractivity contribution in [3.8, 4) is 0 Å². The molecule has 134 valence electrons. The SMILES string of the molecule is Cc1cc(NC(=O)C(C)SCC(=O)NC(C)c2ccccc2Br)no1. The summed E-state index contributed by atoms with van der Waals surface area (Å²) in [5, 5.41) is 8.92. The fourth-order valence-corrected chi connectivity index (χ4v) is 3.44. The second-order valence-electron chi connectivity index (χ2n) is 5.58. The molecule has 2 aromatic rings. The fourth-order valence-electron chi connectivity index (χ4n) is 2.12. The Morgan fingerprint density at radius 2 is 2.04 bits per heavy atom. The molecule has 2 rings (SSSR count). The van der Waals surface area contributed by atoms with Gasteiger partial charge in [-0.3, -0.25) is 9.59 Å². The highest BCUT2D eigenvalue weighted by atomic mass is 79.9. The maximum atomic E-state index is 12.1. The number of anilines is 1. The Morgan fingerprint density at radius 3 is 2.68 bits per heavy atom. The van der Waals surface area contributed by atoms with E-state index in [1.54, 1.807) is 19.9 Å². The molecule has 25 heavy (non-hydrogen) atoms. The molecule has 1 heterocycles. The van der Waals surface area contributed by atoms with Crippen LogP contribution in [0.25, 0.3) is 0 Å². The Labute approximate surface area is 159 Å². The van der Waals surface area contributed by atoms with E-state index in [-0.39, 0.29) is 28.9 Å². The first-order valence-electron chi connectivity index (χ1n) is 7.76. The smallest absolute Gasteiger partial charge is 0.238 e. The molecular weight excluding hydrogens is 406 g/mol. The minimum Gasteiger partial charge on any atom is -0.360 e.